The second-order valence-corrected chi connectivity index (χ2v) is 3.84. The first-order valence-electron chi connectivity index (χ1n) is 3.85. The molecule has 0 amide bonds. The molecule has 10 heavy (non-hydrogen) atoms. The highest BCUT2D eigenvalue weighted by Crippen LogP contribution is 2.20. The predicted molar refractivity (Wildman–Crippen MR) is 43.8 cm³/mol. The number of hydrogen-bond donors (Lipinski definition) is 2. The van der Waals surface area contributed by atoms with Crippen LogP contribution < -0.4 is 5.73 Å². The van der Waals surface area contributed by atoms with Crippen LogP contribution in [0.4, 0.5) is 0 Å². The molecular weight excluding hydrogens is 126 g/mol. The molecule has 0 rings (SSSR count). The highest BCUT2D eigenvalue weighted by Gasteiger charge is 2.19. The SMILES string of the molecule is CC(C)(C)C(N)CCCO. The third-order valence-corrected chi connectivity index (χ3v) is 1.79. The lowest BCUT2D eigenvalue weighted by Gasteiger charge is -2.26. The Hall–Kier alpha value is -0.0800. The van der Waals surface area contributed by atoms with E-state index in [2.05, 4.69) is 20.8 Å². The highest BCUT2D eigenvalue weighted by molar-refractivity contribution is 4.76. The molecule has 0 fully saturated rings. The van der Waals surface area contributed by atoms with Crippen molar-refractivity contribution in [1.29, 1.82) is 0 Å². The van der Waals surface area contributed by atoms with E-state index in [9.17, 15) is 0 Å². The van der Waals surface area contributed by atoms with Crippen molar-refractivity contribution in [2.45, 2.75) is 39.7 Å². The first kappa shape index (κ1) is 9.92. The lowest BCUT2D eigenvalue weighted by molar-refractivity contribution is 0.248. The molecule has 1 unspecified atom stereocenters. The summed E-state index contributed by atoms with van der Waals surface area (Å²) in [7, 11) is 0. The first-order valence-corrected chi connectivity index (χ1v) is 3.85. The second-order valence-electron chi connectivity index (χ2n) is 3.84. The van der Waals surface area contributed by atoms with E-state index in [1.807, 2.05) is 0 Å². The van der Waals surface area contributed by atoms with Gasteiger partial charge >= 0.3 is 0 Å². The van der Waals surface area contributed by atoms with Crippen molar-refractivity contribution in [1.82, 2.24) is 0 Å². The smallest absolute Gasteiger partial charge is 0.0431 e. The second kappa shape index (κ2) is 3.94. The molecule has 0 aromatic rings. The maximum Gasteiger partial charge on any atom is 0.0431 e. The van der Waals surface area contributed by atoms with Gasteiger partial charge in [0.2, 0.25) is 0 Å². The number of rotatable bonds is 3. The molecule has 0 bridgehead atoms. The Bertz CT molecular complexity index is 85.7. The number of hydrogen-bond acceptors (Lipinski definition) is 2. The zero-order chi connectivity index (χ0) is 8.20. The standard InChI is InChI=1S/C8H19NO/c1-8(2,3)7(9)5-4-6-10/h7,10H,4-6,9H2,1-3H3. The Balaban J connectivity index is 3.52. The minimum Gasteiger partial charge on any atom is -0.396 e. The van der Waals surface area contributed by atoms with Gasteiger partial charge in [0.15, 0.2) is 0 Å². The molecule has 0 aromatic carbocycles. The number of nitrogens with two attached hydrogens (primary N) is 1. The van der Waals surface area contributed by atoms with Crippen molar-refractivity contribution < 1.29 is 5.11 Å². The summed E-state index contributed by atoms with van der Waals surface area (Å²) in [6.45, 7) is 6.61. The monoisotopic (exact) mass is 145 g/mol. The quantitative estimate of drug-likeness (QED) is 0.625. The van der Waals surface area contributed by atoms with E-state index in [0.717, 1.165) is 12.8 Å². The molecule has 0 saturated heterocycles. The van der Waals surface area contributed by atoms with Crippen LogP contribution in [0.2, 0.25) is 0 Å². The van der Waals surface area contributed by atoms with E-state index < -0.39 is 0 Å². The topological polar surface area (TPSA) is 46.2 Å². The van der Waals surface area contributed by atoms with E-state index >= 15 is 0 Å². The van der Waals surface area contributed by atoms with Crippen LogP contribution in [-0.4, -0.2) is 17.8 Å². The van der Waals surface area contributed by atoms with Crippen molar-refractivity contribution in [3.05, 3.63) is 0 Å². The van der Waals surface area contributed by atoms with Gasteiger partial charge in [0.05, 0.1) is 0 Å². The molecule has 0 spiro atoms. The van der Waals surface area contributed by atoms with Crippen LogP contribution >= 0.6 is 0 Å². The number of aliphatic hydroxyl groups excluding tert-OH is 1. The zero-order valence-electron chi connectivity index (χ0n) is 7.22. The summed E-state index contributed by atoms with van der Waals surface area (Å²) < 4.78 is 0. The molecular formula is C8H19NO. The molecule has 0 saturated carbocycles. The van der Waals surface area contributed by atoms with Gasteiger partial charge in [-0.25, -0.2) is 0 Å². The van der Waals surface area contributed by atoms with E-state index in [0.29, 0.717) is 0 Å². The van der Waals surface area contributed by atoms with Crippen molar-refractivity contribution in [2.24, 2.45) is 11.1 Å². The fourth-order valence-electron chi connectivity index (χ4n) is 0.744. The maximum absolute atomic E-state index is 8.53. The molecule has 1 atom stereocenters. The lowest BCUT2D eigenvalue weighted by atomic mass is 9.85. The zero-order valence-corrected chi connectivity index (χ0v) is 7.22. The van der Waals surface area contributed by atoms with Crippen LogP contribution in [0.25, 0.3) is 0 Å². The molecule has 0 aromatic heterocycles. The Morgan fingerprint density at radius 3 is 2.20 bits per heavy atom. The van der Waals surface area contributed by atoms with Crippen LogP contribution in [0, 0.1) is 5.41 Å². The Labute approximate surface area is 63.4 Å². The van der Waals surface area contributed by atoms with Crippen LogP contribution in [0.1, 0.15) is 33.6 Å². The van der Waals surface area contributed by atoms with Crippen molar-refractivity contribution in [3.63, 3.8) is 0 Å². The predicted octanol–water partition coefficient (Wildman–Crippen LogP) is 1.13. The summed E-state index contributed by atoms with van der Waals surface area (Å²) >= 11 is 0. The summed E-state index contributed by atoms with van der Waals surface area (Å²) in [5.41, 5.74) is 6.00. The van der Waals surface area contributed by atoms with Gasteiger partial charge in [0.1, 0.15) is 0 Å². The van der Waals surface area contributed by atoms with Crippen molar-refractivity contribution in [2.75, 3.05) is 6.61 Å². The van der Waals surface area contributed by atoms with Gasteiger partial charge in [-0.1, -0.05) is 20.8 Å². The molecule has 0 radical (unpaired) electrons. The average molecular weight is 145 g/mol. The van der Waals surface area contributed by atoms with Gasteiger partial charge in [-0.3, -0.25) is 0 Å². The highest BCUT2D eigenvalue weighted by atomic mass is 16.2. The number of aliphatic hydroxyl groups is 1. The van der Waals surface area contributed by atoms with Crippen LogP contribution in [0.5, 0.6) is 0 Å². The van der Waals surface area contributed by atoms with E-state index in [-0.39, 0.29) is 18.1 Å². The maximum atomic E-state index is 8.53. The minimum atomic E-state index is 0.176. The summed E-state index contributed by atoms with van der Waals surface area (Å²) in [4.78, 5) is 0. The van der Waals surface area contributed by atoms with Crippen LogP contribution in [0.15, 0.2) is 0 Å². The summed E-state index contributed by atoms with van der Waals surface area (Å²) in [6.07, 6.45) is 1.73. The molecule has 0 heterocycles. The molecule has 62 valence electrons. The molecule has 0 aliphatic rings. The third-order valence-electron chi connectivity index (χ3n) is 1.79. The first-order chi connectivity index (χ1) is 4.48. The minimum absolute atomic E-state index is 0.176. The van der Waals surface area contributed by atoms with Crippen LogP contribution in [-0.2, 0) is 0 Å². The fourth-order valence-corrected chi connectivity index (χ4v) is 0.744. The van der Waals surface area contributed by atoms with Gasteiger partial charge in [-0.15, -0.1) is 0 Å². The van der Waals surface area contributed by atoms with Gasteiger partial charge in [-0.2, -0.15) is 0 Å². The molecule has 2 heteroatoms. The Morgan fingerprint density at radius 2 is 1.90 bits per heavy atom. The van der Waals surface area contributed by atoms with Gasteiger partial charge in [-0.05, 0) is 18.3 Å². The average Bonchev–Trinajstić information content (AvgIpc) is 1.80. The molecule has 0 aliphatic heterocycles. The van der Waals surface area contributed by atoms with Gasteiger partial charge in [0, 0.05) is 12.6 Å². The molecule has 3 N–H and O–H groups in total. The van der Waals surface area contributed by atoms with Crippen LogP contribution in [0.3, 0.4) is 0 Å². The van der Waals surface area contributed by atoms with E-state index in [1.165, 1.54) is 0 Å². The molecule has 0 aliphatic carbocycles. The third kappa shape index (κ3) is 3.85. The summed E-state index contributed by atoms with van der Waals surface area (Å²) in [5, 5.41) is 8.53. The van der Waals surface area contributed by atoms with Gasteiger partial charge < -0.3 is 10.8 Å². The van der Waals surface area contributed by atoms with E-state index in [1.54, 1.807) is 0 Å². The van der Waals surface area contributed by atoms with Crippen molar-refractivity contribution in [3.8, 4) is 0 Å². The van der Waals surface area contributed by atoms with E-state index in [4.69, 9.17) is 10.8 Å². The Morgan fingerprint density at radius 1 is 1.40 bits per heavy atom. The summed E-state index contributed by atoms with van der Waals surface area (Å²) in [5.74, 6) is 0. The lowest BCUT2D eigenvalue weighted by Crippen LogP contribution is -2.34. The van der Waals surface area contributed by atoms with Crippen molar-refractivity contribution >= 4 is 0 Å². The normalized spacial score (nSPS) is 15.3. The fraction of sp³-hybridized carbons (Fsp3) is 1.00. The Kier molecular flexibility index (Phi) is 3.91. The molecule has 2 nitrogen and oxygen atoms in total. The largest absolute Gasteiger partial charge is 0.396 e. The van der Waals surface area contributed by atoms with Gasteiger partial charge in [0.25, 0.3) is 0 Å². The summed E-state index contributed by atoms with van der Waals surface area (Å²) in [6, 6.07) is 0.208.